The van der Waals surface area contributed by atoms with Crippen molar-refractivity contribution in [1.82, 2.24) is 9.78 Å². The first kappa shape index (κ1) is 10.5. The molecule has 6 nitrogen and oxygen atoms in total. The fraction of sp³-hybridized carbons (Fsp3) is 0.500. The van der Waals surface area contributed by atoms with Gasteiger partial charge in [0.1, 0.15) is 6.04 Å². The molecule has 6 heteroatoms. The number of aliphatic carboxylic acids is 1. The van der Waals surface area contributed by atoms with Crippen molar-refractivity contribution in [3.05, 3.63) is 12.4 Å². The molecule has 14 heavy (non-hydrogen) atoms. The van der Waals surface area contributed by atoms with Gasteiger partial charge in [-0.1, -0.05) is 0 Å². The largest absolute Gasteiger partial charge is 0.493 e. The van der Waals surface area contributed by atoms with E-state index < -0.39 is 18.1 Å². The number of rotatable bonds is 4. The molecule has 0 spiro atoms. The normalized spacial score (nSPS) is 14.8. The minimum absolute atomic E-state index is 0.406. The van der Waals surface area contributed by atoms with Crippen LogP contribution >= 0.6 is 0 Å². The van der Waals surface area contributed by atoms with Crippen molar-refractivity contribution in [2.45, 2.75) is 19.0 Å². The Morgan fingerprint density at radius 1 is 1.79 bits per heavy atom. The molecule has 1 aromatic rings. The zero-order valence-electron chi connectivity index (χ0n) is 8.04. The van der Waals surface area contributed by atoms with Crippen LogP contribution in [0.5, 0.6) is 5.75 Å². The summed E-state index contributed by atoms with van der Waals surface area (Å²) in [6.45, 7) is 1.69. The molecule has 0 radical (unpaired) electrons. The van der Waals surface area contributed by atoms with Gasteiger partial charge in [0.2, 0.25) is 0 Å². The summed E-state index contributed by atoms with van der Waals surface area (Å²) in [6.07, 6.45) is 3.11. The lowest BCUT2D eigenvalue weighted by molar-refractivity contribution is -0.139. The summed E-state index contributed by atoms with van der Waals surface area (Å²) in [7, 11) is 1.52. The molecule has 0 bridgehead atoms. The minimum atomic E-state index is -1.05. The van der Waals surface area contributed by atoms with E-state index in [1.54, 1.807) is 13.1 Å². The van der Waals surface area contributed by atoms with Crippen LogP contribution in [0.4, 0.5) is 0 Å². The highest BCUT2D eigenvalue weighted by Gasteiger charge is 2.22. The molecule has 0 aliphatic carbocycles. The Morgan fingerprint density at radius 3 is 2.86 bits per heavy atom. The third-order valence-corrected chi connectivity index (χ3v) is 2.04. The highest BCUT2D eigenvalue weighted by Crippen LogP contribution is 2.14. The standard InChI is InChI=1S/C8H13N3O3/c1-5(7(9)8(12)13)11-4-6(14-2)3-10-11/h3-5,7H,9H2,1-2H3,(H,12,13). The highest BCUT2D eigenvalue weighted by atomic mass is 16.5. The lowest BCUT2D eigenvalue weighted by Crippen LogP contribution is -2.38. The van der Waals surface area contributed by atoms with E-state index in [9.17, 15) is 4.79 Å². The molecule has 1 aromatic heterocycles. The molecule has 78 valence electrons. The number of carboxylic acid groups (broad SMARTS) is 1. The van der Waals surface area contributed by atoms with Crippen LogP contribution < -0.4 is 10.5 Å². The Balaban J connectivity index is 2.78. The van der Waals surface area contributed by atoms with E-state index in [0.29, 0.717) is 5.75 Å². The maximum atomic E-state index is 10.6. The summed E-state index contributed by atoms with van der Waals surface area (Å²) < 4.78 is 6.38. The van der Waals surface area contributed by atoms with Crippen molar-refractivity contribution in [1.29, 1.82) is 0 Å². The summed E-state index contributed by atoms with van der Waals surface area (Å²) in [6, 6.07) is -1.38. The van der Waals surface area contributed by atoms with Gasteiger partial charge in [-0.25, -0.2) is 0 Å². The second kappa shape index (κ2) is 4.10. The van der Waals surface area contributed by atoms with E-state index in [1.165, 1.54) is 18.0 Å². The molecule has 0 saturated carbocycles. The molecular formula is C8H13N3O3. The lowest BCUT2D eigenvalue weighted by atomic mass is 10.1. The van der Waals surface area contributed by atoms with E-state index in [4.69, 9.17) is 15.6 Å². The van der Waals surface area contributed by atoms with Crippen LogP contribution in [0.3, 0.4) is 0 Å². The Morgan fingerprint density at radius 2 is 2.43 bits per heavy atom. The van der Waals surface area contributed by atoms with Gasteiger partial charge in [0, 0.05) is 0 Å². The number of hydrogen-bond acceptors (Lipinski definition) is 4. The number of nitrogens with two attached hydrogens (primary N) is 1. The molecular weight excluding hydrogens is 186 g/mol. The SMILES string of the molecule is COc1cnn(C(C)C(N)C(=O)O)c1. The van der Waals surface area contributed by atoms with Gasteiger partial charge < -0.3 is 15.6 Å². The fourth-order valence-electron chi connectivity index (χ4n) is 1.02. The predicted octanol–water partition coefficient (Wildman–Crippen LogP) is -0.135. The van der Waals surface area contributed by atoms with Crippen LogP contribution in [0, 0.1) is 0 Å². The lowest BCUT2D eigenvalue weighted by Gasteiger charge is -2.15. The van der Waals surface area contributed by atoms with E-state index >= 15 is 0 Å². The molecule has 2 unspecified atom stereocenters. The monoisotopic (exact) mass is 199 g/mol. The Hall–Kier alpha value is -1.56. The number of carboxylic acids is 1. The van der Waals surface area contributed by atoms with Gasteiger partial charge in [0.15, 0.2) is 5.75 Å². The van der Waals surface area contributed by atoms with Crippen molar-refractivity contribution in [2.24, 2.45) is 5.73 Å². The first-order valence-corrected chi connectivity index (χ1v) is 4.12. The average molecular weight is 199 g/mol. The third-order valence-electron chi connectivity index (χ3n) is 2.04. The maximum absolute atomic E-state index is 10.6. The molecule has 0 aliphatic heterocycles. The van der Waals surface area contributed by atoms with Crippen LogP contribution in [-0.2, 0) is 4.79 Å². The van der Waals surface area contributed by atoms with E-state index in [2.05, 4.69) is 5.10 Å². The Bertz CT molecular complexity index is 323. The molecule has 1 heterocycles. The summed E-state index contributed by atoms with van der Waals surface area (Å²) in [5, 5.41) is 12.6. The Labute approximate surface area is 81.3 Å². The summed E-state index contributed by atoms with van der Waals surface area (Å²) in [4.78, 5) is 10.6. The van der Waals surface area contributed by atoms with Crippen molar-refractivity contribution in [2.75, 3.05) is 7.11 Å². The number of methoxy groups -OCH3 is 1. The van der Waals surface area contributed by atoms with Crippen molar-refractivity contribution in [3.63, 3.8) is 0 Å². The zero-order valence-corrected chi connectivity index (χ0v) is 8.04. The zero-order chi connectivity index (χ0) is 10.7. The molecule has 1 rings (SSSR count). The van der Waals surface area contributed by atoms with Crippen molar-refractivity contribution >= 4 is 5.97 Å². The summed E-state index contributed by atoms with van der Waals surface area (Å²) in [5.74, 6) is -0.471. The van der Waals surface area contributed by atoms with Gasteiger partial charge in [-0.15, -0.1) is 0 Å². The molecule has 0 saturated heterocycles. The smallest absolute Gasteiger partial charge is 0.322 e. The second-order valence-electron chi connectivity index (χ2n) is 2.96. The van der Waals surface area contributed by atoms with E-state index in [-0.39, 0.29) is 0 Å². The van der Waals surface area contributed by atoms with Crippen molar-refractivity contribution < 1.29 is 14.6 Å². The summed E-state index contributed by atoms with van der Waals surface area (Å²) in [5.41, 5.74) is 5.44. The van der Waals surface area contributed by atoms with Crippen LogP contribution in [0.25, 0.3) is 0 Å². The highest BCUT2D eigenvalue weighted by molar-refractivity contribution is 5.73. The van der Waals surface area contributed by atoms with E-state index in [0.717, 1.165) is 0 Å². The third kappa shape index (κ3) is 2.02. The van der Waals surface area contributed by atoms with Gasteiger partial charge >= 0.3 is 5.97 Å². The predicted molar refractivity (Wildman–Crippen MR) is 49.1 cm³/mol. The molecule has 3 N–H and O–H groups in total. The number of aromatic nitrogens is 2. The van der Waals surface area contributed by atoms with Crippen LogP contribution in [-0.4, -0.2) is 34.0 Å². The first-order valence-electron chi connectivity index (χ1n) is 4.12. The number of nitrogens with zero attached hydrogens (tertiary/aromatic N) is 2. The Kier molecular flexibility index (Phi) is 3.08. The van der Waals surface area contributed by atoms with E-state index in [1.807, 2.05) is 0 Å². The van der Waals surface area contributed by atoms with Crippen LogP contribution in [0.15, 0.2) is 12.4 Å². The molecule has 0 aliphatic rings. The topological polar surface area (TPSA) is 90.4 Å². The van der Waals surface area contributed by atoms with Gasteiger partial charge in [-0.05, 0) is 6.92 Å². The van der Waals surface area contributed by atoms with Gasteiger partial charge in [0.05, 0.1) is 25.5 Å². The molecule has 2 atom stereocenters. The quantitative estimate of drug-likeness (QED) is 0.704. The number of hydrogen-bond donors (Lipinski definition) is 2. The average Bonchev–Trinajstić information content (AvgIpc) is 2.63. The first-order chi connectivity index (χ1) is 6.56. The molecule has 0 amide bonds. The molecule has 0 aromatic carbocycles. The van der Waals surface area contributed by atoms with Gasteiger partial charge in [0.25, 0.3) is 0 Å². The number of carbonyl (C=O) groups is 1. The maximum Gasteiger partial charge on any atom is 0.322 e. The summed E-state index contributed by atoms with van der Waals surface area (Å²) >= 11 is 0. The van der Waals surface area contributed by atoms with Crippen molar-refractivity contribution in [3.8, 4) is 5.75 Å². The van der Waals surface area contributed by atoms with Crippen LogP contribution in [0.2, 0.25) is 0 Å². The van der Waals surface area contributed by atoms with Crippen LogP contribution in [0.1, 0.15) is 13.0 Å². The number of ether oxygens (including phenoxy) is 1. The molecule has 0 fully saturated rings. The minimum Gasteiger partial charge on any atom is -0.493 e. The van der Waals surface area contributed by atoms with Gasteiger partial charge in [-0.3, -0.25) is 9.48 Å². The fourth-order valence-corrected chi connectivity index (χ4v) is 1.02. The van der Waals surface area contributed by atoms with Gasteiger partial charge in [-0.2, -0.15) is 5.10 Å². The second-order valence-corrected chi connectivity index (χ2v) is 2.96.